The Bertz CT molecular complexity index is 289. The summed E-state index contributed by atoms with van der Waals surface area (Å²) in [4.78, 5) is 0. The molecule has 0 aliphatic carbocycles. The van der Waals surface area contributed by atoms with Crippen molar-refractivity contribution < 1.29 is 24.4 Å². The van der Waals surface area contributed by atoms with Crippen molar-refractivity contribution in [3.63, 3.8) is 0 Å². The van der Waals surface area contributed by atoms with Gasteiger partial charge in [-0.25, -0.2) is 4.39 Å². The Hall–Kier alpha value is -0.315. The van der Waals surface area contributed by atoms with Gasteiger partial charge in [0.1, 0.15) is 12.2 Å². The van der Waals surface area contributed by atoms with Crippen molar-refractivity contribution in [2.45, 2.75) is 23.6 Å². The van der Waals surface area contributed by atoms with Crippen LogP contribution >= 0.6 is 11.6 Å². The molecule has 0 amide bonds. The number of hydrogen-bond acceptors (Lipinski definition) is 4. The Balaban J connectivity index is 3.07. The Labute approximate surface area is 86.0 Å². The molecule has 7 heteroatoms. The van der Waals surface area contributed by atoms with Gasteiger partial charge in [0.05, 0.1) is 6.61 Å². The molecular formula is C7H7BClFO4. The quantitative estimate of drug-likeness (QED) is 0.370. The van der Waals surface area contributed by atoms with Crippen LogP contribution < -0.4 is 0 Å². The number of aliphatic hydroxyl groups is 3. The minimum absolute atomic E-state index is 0.698. The van der Waals surface area contributed by atoms with Crippen molar-refractivity contribution in [3.05, 3.63) is 0 Å². The van der Waals surface area contributed by atoms with Crippen LogP contribution in [0.5, 0.6) is 0 Å². The Morgan fingerprint density at radius 1 is 1.64 bits per heavy atom. The summed E-state index contributed by atoms with van der Waals surface area (Å²) in [5.41, 5.74) is -2.64. The molecule has 1 unspecified atom stereocenters. The maximum Gasteiger partial charge on any atom is 0.204 e. The van der Waals surface area contributed by atoms with Crippen LogP contribution in [-0.4, -0.2) is 53.3 Å². The molecule has 1 fully saturated rings. The topological polar surface area (TPSA) is 69.9 Å². The van der Waals surface area contributed by atoms with Gasteiger partial charge in [-0.05, 0) is 17.5 Å². The zero-order valence-electron chi connectivity index (χ0n) is 6.94. The fourth-order valence-electron chi connectivity index (χ4n) is 1.21. The highest BCUT2D eigenvalue weighted by Crippen LogP contribution is 2.38. The fourth-order valence-corrected chi connectivity index (χ4v) is 1.36. The van der Waals surface area contributed by atoms with E-state index in [0.29, 0.717) is 0 Å². The summed E-state index contributed by atoms with van der Waals surface area (Å²) in [6.07, 6.45) is -3.11. The van der Waals surface area contributed by atoms with Crippen molar-refractivity contribution >= 4 is 19.4 Å². The molecule has 1 heterocycles. The first-order valence-electron chi connectivity index (χ1n) is 3.68. The molecular weight excluding hydrogens is 213 g/mol. The SMILES string of the molecule is [B][C@]1(F)O[C@H](CO)C(O)[C@]1(O)C#CCl. The van der Waals surface area contributed by atoms with Gasteiger partial charge in [-0.2, -0.15) is 0 Å². The molecule has 1 aliphatic heterocycles. The van der Waals surface area contributed by atoms with Crippen LogP contribution in [0.25, 0.3) is 0 Å². The van der Waals surface area contributed by atoms with Crippen LogP contribution in [0.15, 0.2) is 0 Å². The second-order valence-electron chi connectivity index (χ2n) is 2.91. The lowest BCUT2D eigenvalue weighted by Crippen LogP contribution is -2.53. The third-order valence-electron chi connectivity index (χ3n) is 2.04. The second-order valence-corrected chi connectivity index (χ2v) is 3.10. The van der Waals surface area contributed by atoms with E-state index in [1.54, 1.807) is 5.38 Å². The van der Waals surface area contributed by atoms with E-state index < -0.39 is 30.2 Å². The summed E-state index contributed by atoms with van der Waals surface area (Å²) in [5, 5.41) is 29.3. The van der Waals surface area contributed by atoms with Gasteiger partial charge in [-0.3, -0.25) is 0 Å². The number of rotatable bonds is 1. The van der Waals surface area contributed by atoms with Gasteiger partial charge in [0.25, 0.3) is 0 Å². The normalized spacial score (nSPS) is 47.2. The molecule has 76 valence electrons. The van der Waals surface area contributed by atoms with Crippen LogP contribution in [-0.2, 0) is 4.74 Å². The van der Waals surface area contributed by atoms with E-state index in [-0.39, 0.29) is 0 Å². The average molecular weight is 220 g/mol. The molecule has 1 saturated heterocycles. The molecule has 2 radical (unpaired) electrons. The van der Waals surface area contributed by atoms with Gasteiger partial charge in [0.15, 0.2) is 7.85 Å². The molecule has 3 N–H and O–H groups in total. The minimum Gasteiger partial charge on any atom is -0.394 e. The first-order chi connectivity index (χ1) is 6.39. The van der Waals surface area contributed by atoms with E-state index in [9.17, 15) is 14.6 Å². The standard InChI is InChI=1S/C7H7BClFO4/c8-7(10)6(13,1-2-9)5(12)4(3-11)14-7/h4-5,11-13H,3H2/t4-,5?,6-,7-/m1/s1. The molecule has 14 heavy (non-hydrogen) atoms. The summed E-state index contributed by atoms with van der Waals surface area (Å²) < 4.78 is 17.8. The van der Waals surface area contributed by atoms with Crippen molar-refractivity contribution in [2.75, 3.05) is 6.61 Å². The van der Waals surface area contributed by atoms with E-state index in [4.69, 9.17) is 24.6 Å². The predicted molar refractivity (Wildman–Crippen MR) is 46.1 cm³/mol. The van der Waals surface area contributed by atoms with Gasteiger partial charge in [0.2, 0.25) is 11.4 Å². The fraction of sp³-hybridized carbons (Fsp3) is 0.714. The van der Waals surface area contributed by atoms with E-state index in [1.165, 1.54) is 0 Å². The Morgan fingerprint density at radius 2 is 2.21 bits per heavy atom. The van der Waals surface area contributed by atoms with Crippen LogP contribution in [0.2, 0.25) is 0 Å². The van der Waals surface area contributed by atoms with E-state index in [0.717, 1.165) is 0 Å². The van der Waals surface area contributed by atoms with Gasteiger partial charge >= 0.3 is 0 Å². The molecule has 0 saturated carbocycles. The van der Waals surface area contributed by atoms with Crippen molar-refractivity contribution in [1.29, 1.82) is 0 Å². The molecule has 0 spiro atoms. The highest BCUT2D eigenvalue weighted by atomic mass is 35.5. The van der Waals surface area contributed by atoms with Crippen molar-refractivity contribution in [1.82, 2.24) is 0 Å². The highest BCUT2D eigenvalue weighted by molar-refractivity contribution is 6.30. The summed E-state index contributed by atoms with van der Waals surface area (Å²) in [6, 6.07) is 0. The van der Waals surface area contributed by atoms with Crippen LogP contribution in [0.4, 0.5) is 4.39 Å². The zero-order valence-corrected chi connectivity index (χ0v) is 7.70. The minimum atomic E-state index is -3.07. The second kappa shape index (κ2) is 3.68. The average Bonchev–Trinajstić information content (AvgIpc) is 2.27. The first kappa shape index (κ1) is 11.8. The summed E-state index contributed by atoms with van der Waals surface area (Å²) in [5.74, 6) is -1.26. The molecule has 1 rings (SSSR count). The molecule has 1 aliphatic rings. The molecule has 0 bridgehead atoms. The summed E-state index contributed by atoms with van der Waals surface area (Å²) >= 11 is 4.98. The van der Waals surface area contributed by atoms with E-state index in [2.05, 4.69) is 4.74 Å². The van der Waals surface area contributed by atoms with E-state index in [1.807, 2.05) is 5.92 Å². The van der Waals surface area contributed by atoms with Gasteiger partial charge in [-0.15, -0.1) is 0 Å². The van der Waals surface area contributed by atoms with Crippen molar-refractivity contribution in [2.24, 2.45) is 0 Å². The van der Waals surface area contributed by atoms with Crippen LogP contribution in [0, 0.1) is 11.3 Å². The largest absolute Gasteiger partial charge is 0.394 e. The molecule has 0 aromatic rings. The molecule has 0 aromatic heterocycles. The maximum absolute atomic E-state index is 13.4. The predicted octanol–water partition coefficient (Wildman–Crippen LogP) is -1.54. The third kappa shape index (κ3) is 1.51. The Kier molecular flexibility index (Phi) is 3.09. The van der Waals surface area contributed by atoms with Gasteiger partial charge in [0, 0.05) is 5.38 Å². The first-order valence-corrected chi connectivity index (χ1v) is 4.06. The number of hydrogen-bond donors (Lipinski definition) is 3. The third-order valence-corrected chi connectivity index (χ3v) is 2.14. The number of halogens is 2. The molecule has 4 nitrogen and oxygen atoms in total. The molecule has 0 aromatic carbocycles. The summed E-state index contributed by atoms with van der Waals surface area (Å²) in [6.45, 7) is -0.698. The number of aliphatic hydroxyl groups excluding tert-OH is 2. The zero-order chi connectivity index (χ0) is 11.0. The molecule has 4 atom stereocenters. The van der Waals surface area contributed by atoms with Crippen molar-refractivity contribution in [3.8, 4) is 11.3 Å². The lowest BCUT2D eigenvalue weighted by atomic mass is 9.78. The van der Waals surface area contributed by atoms with Crippen LogP contribution in [0.3, 0.4) is 0 Å². The number of ether oxygens (including phenoxy) is 1. The number of alkyl halides is 1. The monoisotopic (exact) mass is 220 g/mol. The lowest BCUT2D eigenvalue weighted by molar-refractivity contribution is -0.140. The van der Waals surface area contributed by atoms with Crippen LogP contribution in [0.1, 0.15) is 0 Å². The lowest BCUT2D eigenvalue weighted by Gasteiger charge is -2.28. The maximum atomic E-state index is 13.4. The summed E-state index contributed by atoms with van der Waals surface area (Å²) in [7, 11) is 4.93. The highest BCUT2D eigenvalue weighted by Gasteiger charge is 2.62. The van der Waals surface area contributed by atoms with Gasteiger partial charge < -0.3 is 20.1 Å². The smallest absolute Gasteiger partial charge is 0.204 e. The van der Waals surface area contributed by atoms with E-state index >= 15 is 0 Å². The van der Waals surface area contributed by atoms with Gasteiger partial charge in [-0.1, -0.05) is 0 Å². The Morgan fingerprint density at radius 3 is 2.57 bits per heavy atom.